The van der Waals surface area contributed by atoms with Crippen molar-refractivity contribution in [2.75, 3.05) is 26.2 Å². The molecule has 2 N–H and O–H groups in total. The van der Waals surface area contributed by atoms with Gasteiger partial charge < -0.3 is 24.9 Å². The number of imide groups is 1. The first-order chi connectivity index (χ1) is 23.7. The molecule has 0 aromatic heterocycles. The number of esters is 1. The van der Waals surface area contributed by atoms with Crippen LogP contribution in [0.3, 0.4) is 0 Å². The monoisotopic (exact) mass is 697 g/mol. The number of hydrogen-bond donors (Lipinski definition) is 2. The number of rotatable bonds is 25. The van der Waals surface area contributed by atoms with Crippen molar-refractivity contribution in [3.63, 3.8) is 0 Å². The molecule has 1 aliphatic rings. The lowest BCUT2D eigenvalue weighted by atomic mass is 10.2. The molecule has 0 aromatic carbocycles. The van der Waals surface area contributed by atoms with Crippen molar-refractivity contribution in [3.8, 4) is 0 Å². The molecule has 12 heteroatoms. The zero-order valence-corrected chi connectivity index (χ0v) is 29.7. The fourth-order valence-corrected chi connectivity index (χ4v) is 5.32. The summed E-state index contributed by atoms with van der Waals surface area (Å²) in [5.41, 5.74) is 0. The summed E-state index contributed by atoms with van der Waals surface area (Å²) in [5.74, 6) is -2.92. The van der Waals surface area contributed by atoms with E-state index in [0.717, 1.165) is 74.4 Å². The molecule has 0 aromatic rings. The number of amides is 4. The molecule has 1 rings (SSSR count). The van der Waals surface area contributed by atoms with Gasteiger partial charge in [0.15, 0.2) is 4.87 Å². The van der Waals surface area contributed by atoms with Gasteiger partial charge >= 0.3 is 5.97 Å². The van der Waals surface area contributed by atoms with E-state index in [1.807, 2.05) is 12.2 Å². The van der Waals surface area contributed by atoms with E-state index in [4.69, 9.17) is 4.74 Å². The zero-order valence-electron chi connectivity index (χ0n) is 28.8. The molecule has 4 amide bonds. The van der Waals surface area contributed by atoms with Crippen LogP contribution in [0.25, 0.3) is 0 Å². The number of nitrogens with zero attached hydrogens (tertiary/aromatic N) is 1. The highest BCUT2D eigenvalue weighted by Gasteiger charge is 2.52. The predicted octanol–water partition coefficient (Wildman–Crippen LogP) is 5.18. The first-order valence-corrected chi connectivity index (χ1v) is 17.5. The van der Waals surface area contributed by atoms with Crippen LogP contribution in [0, 0.1) is 0 Å². The summed E-state index contributed by atoms with van der Waals surface area (Å²) in [6.45, 7) is 3.72. The second kappa shape index (κ2) is 26.6. The second-order valence-electron chi connectivity index (χ2n) is 10.7. The van der Waals surface area contributed by atoms with Gasteiger partial charge in [0.05, 0.1) is 26.1 Å². The number of carbonyl (C=O) groups excluding carboxylic acids is 6. The van der Waals surface area contributed by atoms with E-state index < -0.39 is 34.6 Å². The van der Waals surface area contributed by atoms with Gasteiger partial charge in [-0.25, -0.2) is 4.79 Å². The lowest BCUT2D eigenvalue weighted by molar-refractivity contribution is -0.140. The number of aldehydes is 1. The lowest BCUT2D eigenvalue weighted by Crippen LogP contribution is -2.52. The smallest absolute Gasteiger partial charge is 0.330 e. The van der Waals surface area contributed by atoms with Crippen molar-refractivity contribution < 1.29 is 38.2 Å². The van der Waals surface area contributed by atoms with E-state index in [1.165, 1.54) is 0 Å². The van der Waals surface area contributed by atoms with Gasteiger partial charge in [0.25, 0.3) is 5.91 Å². The van der Waals surface area contributed by atoms with E-state index in [1.54, 1.807) is 6.92 Å². The molecule has 1 saturated heterocycles. The molecule has 0 radical (unpaired) electrons. The van der Waals surface area contributed by atoms with Crippen LogP contribution in [-0.4, -0.2) is 77.9 Å². The van der Waals surface area contributed by atoms with Crippen LogP contribution in [0.5, 0.6) is 0 Å². The second-order valence-corrected chi connectivity index (χ2v) is 11.9. The van der Waals surface area contributed by atoms with Crippen molar-refractivity contribution in [1.82, 2.24) is 15.5 Å². The molecule has 2 atom stereocenters. The highest BCUT2D eigenvalue weighted by molar-refractivity contribution is 8.01. The molecule has 0 saturated carbocycles. The molecule has 0 spiro atoms. The number of ether oxygens (including phenoxy) is 2. The Labute approximate surface area is 294 Å². The van der Waals surface area contributed by atoms with E-state index in [0.29, 0.717) is 12.7 Å². The van der Waals surface area contributed by atoms with Gasteiger partial charge in [-0.3, -0.25) is 24.1 Å². The summed E-state index contributed by atoms with van der Waals surface area (Å²) in [5, 5.41) is 5.10. The minimum absolute atomic E-state index is 0.122. The summed E-state index contributed by atoms with van der Waals surface area (Å²) < 4.78 is 9.90. The Hall–Kier alpha value is -4.29. The van der Waals surface area contributed by atoms with Gasteiger partial charge in [-0.15, -0.1) is 0 Å². The quantitative estimate of drug-likeness (QED) is 0.0251. The largest absolute Gasteiger partial charge is 0.466 e. The van der Waals surface area contributed by atoms with Crippen LogP contribution in [-0.2, 0) is 38.2 Å². The maximum Gasteiger partial charge on any atom is 0.330 e. The lowest BCUT2D eigenvalue weighted by Gasteiger charge is -2.27. The summed E-state index contributed by atoms with van der Waals surface area (Å²) in [6, 6.07) is -1.03. The van der Waals surface area contributed by atoms with E-state index in [-0.39, 0.29) is 37.8 Å². The van der Waals surface area contributed by atoms with Gasteiger partial charge in [-0.1, -0.05) is 91.6 Å². The molecule has 1 heterocycles. The van der Waals surface area contributed by atoms with Crippen LogP contribution in [0.15, 0.2) is 85.1 Å². The van der Waals surface area contributed by atoms with Crippen LogP contribution >= 0.6 is 11.8 Å². The van der Waals surface area contributed by atoms with Crippen molar-refractivity contribution in [3.05, 3.63) is 85.1 Å². The summed E-state index contributed by atoms with van der Waals surface area (Å²) >= 11 is 0.935. The maximum atomic E-state index is 13.2. The highest BCUT2D eigenvalue weighted by atomic mass is 32.2. The minimum atomic E-state index is -1.54. The summed E-state index contributed by atoms with van der Waals surface area (Å²) in [6.07, 6.45) is 33.4. The van der Waals surface area contributed by atoms with Crippen molar-refractivity contribution in [2.24, 2.45) is 0 Å². The van der Waals surface area contributed by atoms with Gasteiger partial charge in [-0.2, -0.15) is 0 Å². The third-order valence-corrected chi connectivity index (χ3v) is 8.03. The van der Waals surface area contributed by atoms with Gasteiger partial charge in [0.1, 0.15) is 12.3 Å². The molecule has 1 unspecified atom stereocenters. The number of thioether (sulfide) groups is 1. The number of likely N-dealkylation sites (tertiary alicyclic amines) is 1. The van der Waals surface area contributed by atoms with E-state index in [9.17, 15) is 28.8 Å². The van der Waals surface area contributed by atoms with Gasteiger partial charge in [0, 0.05) is 25.1 Å². The first-order valence-electron chi connectivity index (χ1n) is 16.5. The van der Waals surface area contributed by atoms with Crippen molar-refractivity contribution in [1.29, 1.82) is 0 Å². The molecule has 1 fully saturated rings. The molecule has 49 heavy (non-hydrogen) atoms. The van der Waals surface area contributed by atoms with Crippen LogP contribution in [0.2, 0.25) is 0 Å². The van der Waals surface area contributed by atoms with E-state index in [2.05, 4.69) is 83.1 Å². The molecular weight excluding hydrogens is 646 g/mol. The Balaban J connectivity index is 2.46. The van der Waals surface area contributed by atoms with Crippen molar-refractivity contribution >= 4 is 47.6 Å². The highest BCUT2D eigenvalue weighted by Crippen LogP contribution is 2.35. The average Bonchev–Trinajstić information content (AvgIpc) is 3.32. The number of methoxy groups -OCH3 is 1. The summed E-state index contributed by atoms with van der Waals surface area (Å²) in [4.78, 5) is 72.5. The third-order valence-electron chi connectivity index (χ3n) is 6.83. The molecule has 1 aliphatic heterocycles. The molecule has 0 bridgehead atoms. The van der Waals surface area contributed by atoms with Crippen molar-refractivity contribution in [2.45, 2.75) is 82.5 Å². The number of carbonyl (C=O) groups is 6. The molecule has 11 nitrogen and oxygen atoms in total. The predicted molar refractivity (Wildman–Crippen MR) is 193 cm³/mol. The molecule has 268 valence electrons. The topological polar surface area (TPSA) is 148 Å². The van der Waals surface area contributed by atoms with E-state index >= 15 is 0 Å². The number of allylic oxidation sites excluding steroid dienone is 12. The van der Waals surface area contributed by atoms with Crippen LogP contribution in [0.4, 0.5) is 0 Å². The number of nitrogens with one attached hydrogen (secondary N) is 2. The fraction of sp³-hybridized carbons (Fsp3) is 0.459. The van der Waals surface area contributed by atoms with Gasteiger partial charge in [0.2, 0.25) is 17.7 Å². The summed E-state index contributed by atoms with van der Waals surface area (Å²) in [7, 11) is 1.16. The number of hydrogen-bond acceptors (Lipinski definition) is 9. The molecular formula is C37H51N3O8S. The Kier molecular flexibility index (Phi) is 23.2. The minimum Gasteiger partial charge on any atom is -0.466 e. The van der Waals surface area contributed by atoms with Crippen LogP contribution in [0.1, 0.15) is 71.6 Å². The maximum absolute atomic E-state index is 13.2. The Bertz CT molecular complexity index is 1280. The van der Waals surface area contributed by atoms with Crippen LogP contribution < -0.4 is 10.6 Å². The Morgan fingerprint density at radius 2 is 1.41 bits per heavy atom. The standard InChI is InChI=1S/C37H51N3O8S/c1-4-6-7-8-9-10-11-12-13-14-15-16-17-18-19-20-21-22-23-24-33(43)39-37(27-34(44)40(5-2)36(37)46)49-30-48-29-31(28-41)38-32(42)25-26-35(45)47-3/h6-7,9-10,12-13,15-16,18-19,21-22,25-26,28,31H,4-5,8,11,14,17,20,23-24,27,29-30H2,1-3H3,(H,38,42)(H,39,43)/b7-6-,10-9-,13-12-,16-15-,19-18-,22-21-,26-25+/t31?,37-/m1/s1. The fourth-order valence-electron chi connectivity index (χ4n) is 4.30. The van der Waals surface area contributed by atoms with Gasteiger partial charge in [-0.05, 0) is 51.9 Å². The SMILES string of the molecule is CC/C=C\C/C=C\C/C=C\C/C=C\C/C=C\C/C=C\CCC(=O)N[C@@]1(SCOCC(C=O)NC(=O)/C=C/C(=O)OC)CC(=O)N(CC)C1=O. The molecule has 0 aliphatic carbocycles. The normalized spacial score (nSPS) is 17.7. The third kappa shape index (κ3) is 18.7. The Morgan fingerprint density at radius 1 is 0.857 bits per heavy atom. The Morgan fingerprint density at radius 3 is 1.90 bits per heavy atom. The zero-order chi connectivity index (χ0) is 36.2. The first kappa shape index (κ1) is 42.7. The average molecular weight is 698 g/mol. The number of likely N-dealkylation sites (N-methyl/N-ethyl adjacent to an activating group) is 1.